The zero-order valence-electron chi connectivity index (χ0n) is 11.7. The Kier molecular flexibility index (Phi) is 3.95. The molecule has 0 radical (unpaired) electrons. The van der Waals surface area contributed by atoms with E-state index in [-0.39, 0.29) is 5.72 Å². The maximum Gasteiger partial charge on any atom is 0.122 e. The predicted octanol–water partition coefficient (Wildman–Crippen LogP) is 3.98. The fraction of sp³-hybridized carbons (Fsp3) is 1.00. The Bertz CT molecular complexity index is 244. The fourth-order valence-electron chi connectivity index (χ4n) is 4.57. The van der Waals surface area contributed by atoms with Crippen LogP contribution >= 0.6 is 0 Å². The quantitative estimate of drug-likeness (QED) is 0.767. The van der Waals surface area contributed by atoms with Crippen LogP contribution in [0.15, 0.2) is 0 Å². The molecule has 0 aliphatic heterocycles. The Balaban J connectivity index is 1.72. The van der Waals surface area contributed by atoms with Gasteiger partial charge in [0.1, 0.15) is 5.72 Å². The van der Waals surface area contributed by atoms with Crippen LogP contribution in [-0.2, 0) is 4.74 Å². The van der Waals surface area contributed by atoms with Crippen LogP contribution < -0.4 is 5.73 Å². The molecule has 2 N–H and O–H groups in total. The van der Waals surface area contributed by atoms with Gasteiger partial charge in [-0.25, -0.2) is 0 Å². The van der Waals surface area contributed by atoms with E-state index in [0.717, 1.165) is 0 Å². The largest absolute Gasteiger partial charge is 0.357 e. The molecule has 0 aromatic rings. The van der Waals surface area contributed by atoms with Gasteiger partial charge in [0.15, 0.2) is 0 Å². The Labute approximate surface area is 112 Å². The normalized spacial score (nSPS) is 28.5. The third-order valence-electron chi connectivity index (χ3n) is 5.66. The lowest BCUT2D eigenvalue weighted by molar-refractivity contribution is -0.154. The van der Waals surface area contributed by atoms with Gasteiger partial charge in [0, 0.05) is 11.8 Å². The summed E-state index contributed by atoms with van der Waals surface area (Å²) >= 11 is 0. The molecule has 0 aromatic heterocycles. The lowest BCUT2D eigenvalue weighted by Gasteiger charge is -2.42. The van der Waals surface area contributed by atoms with E-state index in [0.29, 0.717) is 17.9 Å². The molecule has 104 valence electrons. The van der Waals surface area contributed by atoms with Crippen molar-refractivity contribution in [3.63, 3.8) is 0 Å². The molecule has 0 heterocycles. The monoisotopic (exact) mass is 251 g/mol. The van der Waals surface area contributed by atoms with Crippen LogP contribution in [-0.4, -0.2) is 11.8 Å². The van der Waals surface area contributed by atoms with Gasteiger partial charge in [-0.05, 0) is 38.5 Å². The molecule has 0 spiro atoms. The fourth-order valence-corrected chi connectivity index (χ4v) is 4.57. The number of hydrogen-bond acceptors (Lipinski definition) is 2. The highest BCUT2D eigenvalue weighted by molar-refractivity contribution is 4.94. The third-order valence-corrected chi connectivity index (χ3v) is 5.66. The minimum absolute atomic E-state index is 0.276. The Hall–Kier alpha value is -0.0800. The van der Waals surface area contributed by atoms with E-state index in [1.807, 2.05) is 0 Å². The van der Waals surface area contributed by atoms with E-state index >= 15 is 0 Å². The number of nitrogens with two attached hydrogens (primary N) is 1. The van der Waals surface area contributed by atoms with Gasteiger partial charge < -0.3 is 10.5 Å². The van der Waals surface area contributed by atoms with Crippen LogP contribution in [0.3, 0.4) is 0 Å². The summed E-state index contributed by atoms with van der Waals surface area (Å²) in [5.74, 6) is 1.28. The van der Waals surface area contributed by atoms with Crippen molar-refractivity contribution < 1.29 is 4.74 Å². The first-order valence-electron chi connectivity index (χ1n) is 8.26. The molecule has 2 heteroatoms. The molecule has 0 bridgehead atoms. The second kappa shape index (κ2) is 5.50. The maximum atomic E-state index is 6.87. The lowest BCUT2D eigenvalue weighted by atomic mass is 9.82. The molecule has 18 heavy (non-hydrogen) atoms. The van der Waals surface area contributed by atoms with Crippen LogP contribution in [0, 0.1) is 11.8 Å². The highest BCUT2D eigenvalue weighted by Gasteiger charge is 2.46. The summed E-state index contributed by atoms with van der Waals surface area (Å²) in [7, 11) is 0. The highest BCUT2D eigenvalue weighted by Crippen LogP contribution is 2.45. The van der Waals surface area contributed by atoms with Gasteiger partial charge in [-0.2, -0.15) is 0 Å². The third kappa shape index (κ3) is 2.46. The van der Waals surface area contributed by atoms with Crippen LogP contribution in [0.5, 0.6) is 0 Å². The molecule has 0 unspecified atom stereocenters. The molecule has 0 atom stereocenters. The number of hydrogen-bond donors (Lipinski definition) is 1. The second-order valence-electron chi connectivity index (χ2n) is 6.84. The summed E-state index contributed by atoms with van der Waals surface area (Å²) < 4.78 is 6.54. The van der Waals surface area contributed by atoms with Gasteiger partial charge in [0.25, 0.3) is 0 Å². The van der Waals surface area contributed by atoms with E-state index in [1.165, 1.54) is 77.0 Å². The first kappa shape index (κ1) is 12.9. The number of ether oxygens (including phenoxy) is 1. The molecule has 3 rings (SSSR count). The first-order chi connectivity index (χ1) is 8.79. The van der Waals surface area contributed by atoms with Crippen LogP contribution in [0.4, 0.5) is 0 Å². The van der Waals surface area contributed by atoms with Crippen molar-refractivity contribution in [2.45, 2.75) is 88.9 Å². The number of rotatable bonds is 4. The zero-order chi connectivity index (χ0) is 12.4. The Morgan fingerprint density at radius 3 is 1.50 bits per heavy atom. The average molecular weight is 251 g/mol. The molecule has 0 amide bonds. The van der Waals surface area contributed by atoms with Crippen LogP contribution in [0.1, 0.15) is 77.0 Å². The molecule has 3 aliphatic rings. The minimum atomic E-state index is -0.276. The average Bonchev–Trinajstić information content (AvgIpc) is 3.13. The van der Waals surface area contributed by atoms with Gasteiger partial charge in [0.05, 0.1) is 6.10 Å². The Morgan fingerprint density at radius 1 is 0.667 bits per heavy atom. The topological polar surface area (TPSA) is 35.2 Å². The van der Waals surface area contributed by atoms with E-state index < -0.39 is 0 Å². The SMILES string of the molecule is NC(OC1CCCC1)(C1CCCC1)C1CCCC1. The van der Waals surface area contributed by atoms with Crippen LogP contribution in [0.25, 0.3) is 0 Å². The molecular weight excluding hydrogens is 222 g/mol. The molecule has 2 nitrogen and oxygen atoms in total. The van der Waals surface area contributed by atoms with Gasteiger partial charge in [-0.3, -0.25) is 0 Å². The van der Waals surface area contributed by atoms with Crippen molar-refractivity contribution in [2.75, 3.05) is 0 Å². The van der Waals surface area contributed by atoms with Crippen molar-refractivity contribution in [1.82, 2.24) is 0 Å². The van der Waals surface area contributed by atoms with Crippen molar-refractivity contribution >= 4 is 0 Å². The minimum Gasteiger partial charge on any atom is -0.357 e. The standard InChI is InChI=1S/C16H29NO/c17-16(13-7-1-2-8-13,14-9-3-4-10-14)18-15-11-5-6-12-15/h13-15H,1-12,17H2. The summed E-state index contributed by atoms with van der Waals surface area (Å²) in [4.78, 5) is 0. The zero-order valence-corrected chi connectivity index (χ0v) is 11.7. The van der Waals surface area contributed by atoms with Crippen LogP contribution in [0.2, 0.25) is 0 Å². The van der Waals surface area contributed by atoms with E-state index in [4.69, 9.17) is 10.5 Å². The summed E-state index contributed by atoms with van der Waals surface area (Å²) in [6.07, 6.45) is 16.3. The first-order valence-corrected chi connectivity index (χ1v) is 8.26. The van der Waals surface area contributed by atoms with Gasteiger partial charge in [0.2, 0.25) is 0 Å². The van der Waals surface area contributed by atoms with E-state index in [1.54, 1.807) is 0 Å². The Morgan fingerprint density at radius 2 is 1.06 bits per heavy atom. The molecule has 3 fully saturated rings. The smallest absolute Gasteiger partial charge is 0.122 e. The summed E-state index contributed by atoms with van der Waals surface area (Å²) in [6, 6.07) is 0. The second-order valence-corrected chi connectivity index (χ2v) is 6.84. The van der Waals surface area contributed by atoms with Gasteiger partial charge >= 0.3 is 0 Å². The van der Waals surface area contributed by atoms with Gasteiger partial charge in [-0.1, -0.05) is 38.5 Å². The van der Waals surface area contributed by atoms with Gasteiger partial charge in [-0.15, -0.1) is 0 Å². The van der Waals surface area contributed by atoms with E-state index in [2.05, 4.69) is 0 Å². The van der Waals surface area contributed by atoms with Crippen molar-refractivity contribution in [3.8, 4) is 0 Å². The van der Waals surface area contributed by atoms with Crippen molar-refractivity contribution in [1.29, 1.82) is 0 Å². The molecule has 3 aliphatic carbocycles. The molecule has 0 aromatic carbocycles. The predicted molar refractivity (Wildman–Crippen MR) is 74.2 cm³/mol. The van der Waals surface area contributed by atoms with Crippen molar-refractivity contribution in [3.05, 3.63) is 0 Å². The lowest BCUT2D eigenvalue weighted by Crippen LogP contribution is -2.55. The molecular formula is C16H29NO. The van der Waals surface area contributed by atoms with E-state index in [9.17, 15) is 0 Å². The van der Waals surface area contributed by atoms with Crippen molar-refractivity contribution in [2.24, 2.45) is 17.6 Å². The highest BCUT2D eigenvalue weighted by atomic mass is 16.5. The molecule has 0 saturated heterocycles. The maximum absolute atomic E-state index is 6.87. The summed E-state index contributed by atoms with van der Waals surface area (Å²) in [5.41, 5.74) is 6.59. The molecule has 3 saturated carbocycles. The summed E-state index contributed by atoms with van der Waals surface area (Å²) in [6.45, 7) is 0. The summed E-state index contributed by atoms with van der Waals surface area (Å²) in [5, 5.41) is 0.